The van der Waals surface area contributed by atoms with Crippen molar-refractivity contribution in [2.75, 3.05) is 0 Å². The lowest BCUT2D eigenvalue weighted by Crippen LogP contribution is -2.41. The van der Waals surface area contributed by atoms with Crippen molar-refractivity contribution in [3.05, 3.63) is 11.6 Å². The maximum absolute atomic E-state index is 11.4. The predicted octanol–water partition coefficient (Wildman–Crippen LogP) is 3.96. The van der Waals surface area contributed by atoms with Gasteiger partial charge in [0.15, 0.2) is 0 Å². The van der Waals surface area contributed by atoms with Crippen molar-refractivity contribution in [3.8, 4) is 0 Å². The van der Waals surface area contributed by atoms with Gasteiger partial charge in [0.05, 0.1) is 0 Å². The highest BCUT2D eigenvalue weighted by atomic mass is 16.5. The highest BCUT2D eigenvalue weighted by Gasteiger charge is 2.63. The van der Waals surface area contributed by atoms with Gasteiger partial charge in [-0.3, -0.25) is 4.79 Å². The van der Waals surface area contributed by atoms with E-state index in [1.807, 2.05) is 0 Å². The van der Waals surface area contributed by atoms with Crippen LogP contribution in [-0.4, -0.2) is 12.1 Å². The van der Waals surface area contributed by atoms with Gasteiger partial charge in [-0.1, -0.05) is 39.3 Å². The van der Waals surface area contributed by atoms with Crippen molar-refractivity contribution in [2.24, 2.45) is 28.6 Å². The summed E-state index contributed by atoms with van der Waals surface area (Å²) in [4.78, 5) is 11.4. The number of hydrogen-bond acceptors (Lipinski definition) is 2. The van der Waals surface area contributed by atoms with E-state index in [1.165, 1.54) is 12.8 Å². The Kier molecular flexibility index (Phi) is 2.69. The lowest BCUT2D eigenvalue weighted by molar-refractivity contribution is -0.155. The molecule has 3 aliphatic rings. The molecule has 2 nitrogen and oxygen atoms in total. The van der Waals surface area contributed by atoms with Crippen molar-refractivity contribution in [1.82, 2.24) is 0 Å². The van der Waals surface area contributed by atoms with E-state index in [4.69, 9.17) is 4.74 Å². The lowest BCUT2D eigenvalue weighted by atomic mass is 9.64. The summed E-state index contributed by atoms with van der Waals surface area (Å²) in [6.07, 6.45) is 6.15. The van der Waals surface area contributed by atoms with Gasteiger partial charge >= 0.3 is 5.97 Å². The minimum Gasteiger partial charge on any atom is -0.462 e. The van der Waals surface area contributed by atoms with Crippen LogP contribution in [-0.2, 0) is 9.53 Å². The van der Waals surface area contributed by atoms with Crippen molar-refractivity contribution in [1.29, 1.82) is 0 Å². The van der Waals surface area contributed by atoms with E-state index < -0.39 is 0 Å². The molecule has 5 atom stereocenters. The number of fused-ring (bicyclic) bond motifs is 1. The fourth-order valence-corrected chi connectivity index (χ4v) is 5.46. The first-order valence-corrected chi connectivity index (χ1v) is 7.67. The molecular formula is C17H26O2. The first-order valence-electron chi connectivity index (χ1n) is 7.67. The minimum atomic E-state index is -0.122. The van der Waals surface area contributed by atoms with Crippen LogP contribution in [0.4, 0.5) is 0 Å². The fourth-order valence-electron chi connectivity index (χ4n) is 5.46. The summed E-state index contributed by atoms with van der Waals surface area (Å²) in [6, 6.07) is 0. The van der Waals surface area contributed by atoms with Crippen molar-refractivity contribution in [3.63, 3.8) is 0 Å². The number of esters is 1. The monoisotopic (exact) mass is 262 g/mol. The Balaban J connectivity index is 2.01. The van der Waals surface area contributed by atoms with E-state index in [0.717, 1.165) is 6.42 Å². The number of carbonyl (C=O) groups is 1. The Bertz CT molecular complexity index is 448. The van der Waals surface area contributed by atoms with Gasteiger partial charge in [0.25, 0.3) is 0 Å². The minimum absolute atomic E-state index is 0.113. The number of ether oxygens (including phenoxy) is 1. The molecule has 2 bridgehead atoms. The summed E-state index contributed by atoms with van der Waals surface area (Å²) < 4.78 is 5.66. The molecule has 0 saturated heterocycles. The second-order valence-electron chi connectivity index (χ2n) is 7.65. The van der Waals surface area contributed by atoms with Gasteiger partial charge in [0, 0.05) is 6.92 Å². The molecule has 3 rings (SSSR count). The van der Waals surface area contributed by atoms with Crippen LogP contribution < -0.4 is 0 Å². The van der Waals surface area contributed by atoms with Crippen LogP contribution in [0.25, 0.3) is 0 Å². The fraction of sp³-hybridized carbons (Fsp3) is 0.824. The second kappa shape index (κ2) is 3.86. The smallest absolute Gasteiger partial charge is 0.302 e. The molecule has 2 fully saturated rings. The highest BCUT2D eigenvalue weighted by Crippen LogP contribution is 2.70. The topological polar surface area (TPSA) is 26.3 Å². The van der Waals surface area contributed by atoms with Crippen LogP contribution in [0.1, 0.15) is 53.9 Å². The summed E-state index contributed by atoms with van der Waals surface area (Å²) in [7, 11) is 0. The SMILES string of the molecule is CC(=O)O[C@@H]1C[C@@]23C[C@@H]([C@@H]1C)C(C)(C)C2=CC[C@H]3C. The van der Waals surface area contributed by atoms with Crippen LogP contribution in [0, 0.1) is 28.6 Å². The predicted molar refractivity (Wildman–Crippen MR) is 75.5 cm³/mol. The largest absolute Gasteiger partial charge is 0.462 e. The van der Waals surface area contributed by atoms with Gasteiger partial charge in [-0.15, -0.1) is 0 Å². The summed E-state index contributed by atoms with van der Waals surface area (Å²) in [5.41, 5.74) is 2.26. The normalized spacial score (nSPS) is 46.7. The average Bonchev–Trinajstić information content (AvgIpc) is 2.70. The summed E-state index contributed by atoms with van der Waals surface area (Å²) in [5, 5.41) is 0. The number of rotatable bonds is 1. The molecule has 2 saturated carbocycles. The Morgan fingerprint density at radius 1 is 1.32 bits per heavy atom. The van der Waals surface area contributed by atoms with Crippen LogP contribution in [0.5, 0.6) is 0 Å². The van der Waals surface area contributed by atoms with Gasteiger partial charge in [0.1, 0.15) is 6.10 Å². The maximum Gasteiger partial charge on any atom is 0.302 e. The third-order valence-electron chi connectivity index (χ3n) is 6.46. The Morgan fingerprint density at radius 2 is 2.00 bits per heavy atom. The van der Waals surface area contributed by atoms with Crippen LogP contribution >= 0.6 is 0 Å². The quantitative estimate of drug-likeness (QED) is 0.528. The molecule has 0 aromatic heterocycles. The van der Waals surface area contributed by atoms with Gasteiger partial charge in [-0.05, 0) is 47.8 Å². The van der Waals surface area contributed by atoms with Gasteiger partial charge in [0.2, 0.25) is 0 Å². The molecule has 0 unspecified atom stereocenters. The van der Waals surface area contributed by atoms with Crippen molar-refractivity contribution in [2.45, 2.75) is 60.0 Å². The van der Waals surface area contributed by atoms with Crippen molar-refractivity contribution < 1.29 is 9.53 Å². The summed E-state index contributed by atoms with van der Waals surface area (Å²) >= 11 is 0. The zero-order valence-electron chi connectivity index (χ0n) is 12.8. The number of hydrogen-bond donors (Lipinski definition) is 0. The van der Waals surface area contributed by atoms with Crippen LogP contribution in [0.15, 0.2) is 11.6 Å². The molecule has 0 aromatic carbocycles. The maximum atomic E-state index is 11.4. The Labute approximate surface area is 116 Å². The van der Waals surface area contributed by atoms with Crippen molar-refractivity contribution >= 4 is 5.97 Å². The molecule has 0 radical (unpaired) electrons. The molecule has 0 N–H and O–H groups in total. The molecule has 2 heteroatoms. The standard InChI is InChI=1S/C17H26O2/c1-10-6-7-15-16(4,5)13-8-17(10,15)9-14(11(13)2)19-12(3)18/h7,10-11,13-14H,6,8-9H2,1-5H3/t10-,11+,13+,14-,17-/m1/s1. The van der Waals surface area contributed by atoms with E-state index in [2.05, 4.69) is 33.8 Å². The van der Waals surface area contributed by atoms with Gasteiger partial charge in [-0.2, -0.15) is 0 Å². The second-order valence-corrected chi connectivity index (χ2v) is 7.65. The summed E-state index contributed by atoms with van der Waals surface area (Å²) in [5.74, 6) is 1.71. The highest BCUT2D eigenvalue weighted by molar-refractivity contribution is 5.66. The third-order valence-corrected chi connectivity index (χ3v) is 6.46. The molecular weight excluding hydrogens is 236 g/mol. The number of allylic oxidation sites excluding steroid dienone is 2. The molecule has 0 aromatic rings. The molecule has 0 aliphatic heterocycles. The van der Waals surface area contributed by atoms with E-state index in [-0.39, 0.29) is 17.5 Å². The zero-order chi connectivity index (χ0) is 14.0. The third kappa shape index (κ3) is 1.58. The first kappa shape index (κ1) is 13.2. The molecule has 0 heterocycles. The van der Waals surface area contributed by atoms with Gasteiger partial charge in [-0.25, -0.2) is 0 Å². The van der Waals surface area contributed by atoms with E-state index in [9.17, 15) is 4.79 Å². The summed E-state index contributed by atoms with van der Waals surface area (Å²) in [6.45, 7) is 11.0. The number of carbonyl (C=O) groups excluding carboxylic acids is 1. The van der Waals surface area contributed by atoms with E-state index in [0.29, 0.717) is 23.2 Å². The van der Waals surface area contributed by atoms with Crippen LogP contribution in [0.2, 0.25) is 0 Å². The zero-order valence-corrected chi connectivity index (χ0v) is 12.8. The molecule has 19 heavy (non-hydrogen) atoms. The molecule has 3 aliphatic carbocycles. The molecule has 106 valence electrons. The first-order chi connectivity index (χ1) is 8.79. The van der Waals surface area contributed by atoms with Gasteiger partial charge < -0.3 is 4.74 Å². The Morgan fingerprint density at radius 3 is 2.63 bits per heavy atom. The van der Waals surface area contributed by atoms with E-state index in [1.54, 1.807) is 12.5 Å². The molecule has 1 spiro atoms. The van der Waals surface area contributed by atoms with Crippen LogP contribution in [0.3, 0.4) is 0 Å². The molecule has 0 amide bonds. The van der Waals surface area contributed by atoms with E-state index >= 15 is 0 Å². The lowest BCUT2D eigenvalue weighted by Gasteiger charge is -2.43. The average molecular weight is 262 g/mol. The Hall–Kier alpha value is -0.790.